The van der Waals surface area contributed by atoms with Crippen LogP contribution < -0.4 is 15.4 Å². The highest BCUT2D eigenvalue weighted by molar-refractivity contribution is 6.42. The minimum atomic E-state index is -0.854. The molecule has 3 aromatic rings. The van der Waals surface area contributed by atoms with Gasteiger partial charge in [-0.15, -0.1) is 5.10 Å². The average Bonchev–Trinajstić information content (AvgIpc) is 3.14. The van der Waals surface area contributed by atoms with Crippen LogP contribution in [0.4, 0.5) is 11.6 Å². The van der Waals surface area contributed by atoms with Gasteiger partial charge < -0.3 is 10.1 Å². The Morgan fingerprint density at radius 2 is 1.97 bits per heavy atom. The van der Waals surface area contributed by atoms with Gasteiger partial charge in [0.2, 0.25) is 17.8 Å². The fourth-order valence-electron chi connectivity index (χ4n) is 2.93. The molecule has 0 aliphatic carbocycles. The maximum Gasteiger partial charge on any atom is 0.249 e. The number of halogens is 2. The molecular weight excluding hydrogens is 417 g/mol. The van der Waals surface area contributed by atoms with E-state index in [0.29, 0.717) is 27.3 Å². The van der Waals surface area contributed by atoms with Gasteiger partial charge in [-0.25, -0.2) is 4.68 Å². The van der Waals surface area contributed by atoms with Crippen molar-refractivity contribution in [2.45, 2.75) is 12.5 Å². The molecule has 2 amide bonds. The van der Waals surface area contributed by atoms with Crippen LogP contribution in [0.5, 0.6) is 5.75 Å². The fraction of sp³-hybridized carbons (Fsp3) is 0.158. The number of methoxy groups -OCH3 is 1. The molecule has 8 nitrogen and oxygen atoms in total. The van der Waals surface area contributed by atoms with E-state index in [2.05, 4.69) is 20.7 Å². The zero-order valence-corrected chi connectivity index (χ0v) is 16.7. The summed E-state index contributed by atoms with van der Waals surface area (Å²) in [5.74, 6) is 0.564. The summed E-state index contributed by atoms with van der Waals surface area (Å²) in [6.45, 7) is 0. The molecule has 1 atom stereocenters. The van der Waals surface area contributed by atoms with Gasteiger partial charge in [-0.3, -0.25) is 14.9 Å². The maximum absolute atomic E-state index is 12.8. The molecule has 2 aromatic carbocycles. The molecule has 1 unspecified atom stereocenters. The third-order valence-corrected chi connectivity index (χ3v) is 5.13. The SMILES string of the molecule is COc1ccc(-c2nc3n(n2)C(C(=O)Nc2ccc(Cl)c(Cl)c2)CC(=O)N3)cc1. The molecule has 2 N–H and O–H groups in total. The predicted octanol–water partition coefficient (Wildman–Crippen LogP) is 3.78. The minimum absolute atomic E-state index is 0.0639. The van der Waals surface area contributed by atoms with Crippen LogP contribution in [0.1, 0.15) is 12.5 Å². The number of carbonyl (C=O) groups excluding carboxylic acids is 2. The zero-order chi connectivity index (χ0) is 20.5. The van der Waals surface area contributed by atoms with Crippen LogP contribution in [0.15, 0.2) is 42.5 Å². The number of hydrogen-bond acceptors (Lipinski definition) is 5. The van der Waals surface area contributed by atoms with Crippen LogP contribution in [0.2, 0.25) is 10.0 Å². The van der Waals surface area contributed by atoms with E-state index in [9.17, 15) is 9.59 Å². The highest BCUT2D eigenvalue weighted by atomic mass is 35.5. The zero-order valence-electron chi connectivity index (χ0n) is 15.1. The number of hydrogen-bond donors (Lipinski definition) is 2. The molecule has 1 aliphatic rings. The van der Waals surface area contributed by atoms with Gasteiger partial charge in [0.25, 0.3) is 0 Å². The molecule has 0 fully saturated rings. The molecule has 0 saturated carbocycles. The molecule has 2 heterocycles. The van der Waals surface area contributed by atoms with E-state index in [0.717, 1.165) is 5.56 Å². The van der Waals surface area contributed by atoms with Crippen molar-refractivity contribution in [2.24, 2.45) is 0 Å². The van der Waals surface area contributed by atoms with Crippen molar-refractivity contribution in [3.05, 3.63) is 52.5 Å². The van der Waals surface area contributed by atoms with Gasteiger partial charge in [0.05, 0.1) is 23.6 Å². The van der Waals surface area contributed by atoms with E-state index in [-0.39, 0.29) is 18.3 Å². The van der Waals surface area contributed by atoms with Crippen LogP contribution >= 0.6 is 23.2 Å². The van der Waals surface area contributed by atoms with Crippen LogP contribution in [-0.2, 0) is 9.59 Å². The van der Waals surface area contributed by atoms with Gasteiger partial charge in [0, 0.05) is 11.3 Å². The number of amides is 2. The topological polar surface area (TPSA) is 98.1 Å². The molecule has 148 valence electrons. The third-order valence-electron chi connectivity index (χ3n) is 4.39. The van der Waals surface area contributed by atoms with Crippen molar-refractivity contribution in [1.29, 1.82) is 0 Å². The number of benzene rings is 2. The van der Waals surface area contributed by atoms with Gasteiger partial charge in [-0.05, 0) is 42.5 Å². The molecule has 29 heavy (non-hydrogen) atoms. The molecular formula is C19H15Cl2N5O3. The van der Waals surface area contributed by atoms with Crippen LogP contribution in [0, 0.1) is 0 Å². The molecule has 4 rings (SSSR count). The monoisotopic (exact) mass is 431 g/mol. The van der Waals surface area contributed by atoms with Gasteiger partial charge in [-0.1, -0.05) is 23.2 Å². The Labute approximate surface area is 175 Å². The lowest BCUT2D eigenvalue weighted by molar-refractivity contribution is -0.125. The first-order chi connectivity index (χ1) is 13.9. The molecule has 1 aromatic heterocycles. The molecule has 0 saturated heterocycles. The summed E-state index contributed by atoms with van der Waals surface area (Å²) in [6, 6.07) is 11.0. The van der Waals surface area contributed by atoms with E-state index >= 15 is 0 Å². The van der Waals surface area contributed by atoms with E-state index in [1.807, 2.05) is 0 Å². The van der Waals surface area contributed by atoms with E-state index in [1.165, 1.54) is 10.7 Å². The number of nitrogens with zero attached hydrogens (tertiary/aromatic N) is 3. The Balaban J connectivity index is 1.62. The summed E-state index contributed by atoms with van der Waals surface area (Å²) in [5.41, 5.74) is 1.19. The maximum atomic E-state index is 12.8. The Kier molecular flexibility index (Phi) is 5.12. The van der Waals surface area contributed by atoms with E-state index in [1.54, 1.807) is 43.5 Å². The predicted molar refractivity (Wildman–Crippen MR) is 109 cm³/mol. The Morgan fingerprint density at radius 1 is 1.21 bits per heavy atom. The number of ether oxygens (including phenoxy) is 1. The lowest BCUT2D eigenvalue weighted by Crippen LogP contribution is -2.36. The second-order valence-corrected chi connectivity index (χ2v) is 7.13. The molecule has 1 aliphatic heterocycles. The summed E-state index contributed by atoms with van der Waals surface area (Å²) in [7, 11) is 1.58. The number of carbonyl (C=O) groups is 2. The first kappa shape index (κ1) is 19.2. The van der Waals surface area contributed by atoms with Crippen molar-refractivity contribution in [1.82, 2.24) is 14.8 Å². The number of rotatable bonds is 4. The molecule has 0 spiro atoms. The lowest BCUT2D eigenvalue weighted by Gasteiger charge is -2.22. The quantitative estimate of drug-likeness (QED) is 0.654. The average molecular weight is 432 g/mol. The van der Waals surface area contributed by atoms with Crippen molar-refractivity contribution in [2.75, 3.05) is 17.7 Å². The normalized spacial score (nSPS) is 15.4. The fourth-order valence-corrected chi connectivity index (χ4v) is 3.23. The lowest BCUT2D eigenvalue weighted by atomic mass is 10.1. The Morgan fingerprint density at radius 3 is 2.66 bits per heavy atom. The summed E-state index contributed by atoms with van der Waals surface area (Å²) in [4.78, 5) is 29.3. The second kappa shape index (κ2) is 7.73. The second-order valence-electron chi connectivity index (χ2n) is 6.32. The Bertz CT molecular complexity index is 1100. The van der Waals surface area contributed by atoms with E-state index in [4.69, 9.17) is 27.9 Å². The van der Waals surface area contributed by atoms with Crippen LogP contribution in [0.25, 0.3) is 11.4 Å². The smallest absolute Gasteiger partial charge is 0.249 e. The first-order valence-electron chi connectivity index (χ1n) is 8.61. The van der Waals surface area contributed by atoms with Gasteiger partial charge in [0.15, 0.2) is 5.82 Å². The Hall–Kier alpha value is -3.10. The standard InChI is InChI=1S/C19H15Cl2N5O3/c1-29-12-5-2-10(3-6-12)17-24-19-23-16(27)9-15(26(19)25-17)18(28)22-11-4-7-13(20)14(21)8-11/h2-8,15H,9H2,1H3,(H,22,28)(H,23,24,25,27). The number of nitrogens with one attached hydrogen (secondary N) is 2. The largest absolute Gasteiger partial charge is 0.497 e. The van der Waals surface area contributed by atoms with E-state index < -0.39 is 11.9 Å². The third kappa shape index (κ3) is 3.90. The number of fused-ring (bicyclic) bond motifs is 1. The number of anilines is 2. The highest BCUT2D eigenvalue weighted by Gasteiger charge is 2.33. The minimum Gasteiger partial charge on any atom is -0.497 e. The summed E-state index contributed by atoms with van der Waals surface area (Å²) >= 11 is 11.9. The molecule has 0 bridgehead atoms. The highest BCUT2D eigenvalue weighted by Crippen LogP contribution is 2.29. The van der Waals surface area contributed by atoms with Gasteiger partial charge in [-0.2, -0.15) is 4.98 Å². The summed E-state index contributed by atoms with van der Waals surface area (Å²) in [5, 5.41) is 10.5. The van der Waals surface area contributed by atoms with Crippen molar-refractivity contribution >= 4 is 46.7 Å². The summed E-state index contributed by atoms with van der Waals surface area (Å²) in [6.07, 6.45) is -0.0639. The van der Waals surface area contributed by atoms with Crippen molar-refractivity contribution < 1.29 is 14.3 Å². The van der Waals surface area contributed by atoms with Gasteiger partial charge in [0.1, 0.15) is 11.8 Å². The molecule has 0 radical (unpaired) electrons. The molecule has 10 heteroatoms. The number of aromatic nitrogens is 3. The van der Waals surface area contributed by atoms with Crippen molar-refractivity contribution in [3.8, 4) is 17.1 Å². The van der Waals surface area contributed by atoms with Crippen molar-refractivity contribution in [3.63, 3.8) is 0 Å². The van der Waals surface area contributed by atoms with Crippen LogP contribution in [-0.4, -0.2) is 33.7 Å². The summed E-state index contributed by atoms with van der Waals surface area (Å²) < 4.78 is 6.56. The van der Waals surface area contributed by atoms with Gasteiger partial charge >= 0.3 is 0 Å². The van der Waals surface area contributed by atoms with Crippen LogP contribution in [0.3, 0.4) is 0 Å². The first-order valence-corrected chi connectivity index (χ1v) is 9.37.